The van der Waals surface area contributed by atoms with Crippen molar-refractivity contribution >= 4 is 0 Å². The molecule has 0 saturated heterocycles. The maximum Gasteiger partial charge on any atom is -1.00 e. The van der Waals surface area contributed by atoms with Gasteiger partial charge in [0.25, 0.3) is 0 Å². The van der Waals surface area contributed by atoms with Crippen LogP contribution in [0.1, 0.15) is 54.2 Å². The molecule has 4 rings (SSSR count). The summed E-state index contributed by atoms with van der Waals surface area (Å²) in [5.41, 5.74) is 12.1. The van der Waals surface area contributed by atoms with E-state index in [2.05, 4.69) is 135 Å². The van der Waals surface area contributed by atoms with E-state index in [0.29, 0.717) is 0 Å². The van der Waals surface area contributed by atoms with E-state index in [9.17, 15) is 0 Å². The topological polar surface area (TPSA) is 0 Å². The first kappa shape index (κ1) is 30.8. The molecule has 0 nitrogen and oxygen atoms in total. The fraction of sp³-hybridized carbons (Fsp3) is 0.267. The van der Waals surface area contributed by atoms with Crippen molar-refractivity contribution in [2.75, 3.05) is 0 Å². The normalized spacial score (nSPS) is 15.5. The number of hydrogen-bond acceptors (Lipinski definition) is 0. The Morgan fingerprint density at radius 1 is 0.559 bits per heavy atom. The van der Waals surface area contributed by atoms with Crippen LogP contribution in [0, 0.1) is 26.7 Å². The van der Waals surface area contributed by atoms with E-state index in [1.807, 2.05) is 0 Å². The molecule has 0 bridgehead atoms. The van der Waals surface area contributed by atoms with Crippen molar-refractivity contribution < 1.29 is 57.7 Å². The summed E-state index contributed by atoms with van der Waals surface area (Å²) in [5, 5.41) is 0. The Morgan fingerprint density at radius 2 is 0.912 bits per heavy atom. The van der Waals surface area contributed by atoms with Crippen molar-refractivity contribution in [3.8, 4) is 0 Å². The van der Waals surface area contributed by atoms with E-state index in [1.54, 1.807) is 0 Å². The van der Waals surface area contributed by atoms with Crippen molar-refractivity contribution in [2.24, 2.45) is 5.92 Å². The smallest absolute Gasteiger partial charge is 1.00 e. The number of allylic oxidation sites excluding steroid dienone is 4. The number of rotatable bonds is 4. The number of aryl methyl sites for hydroxylation is 3. The van der Waals surface area contributed by atoms with Crippen LogP contribution >= 0.6 is 0 Å². The molecule has 0 heterocycles. The number of hydrogen-bond donors (Lipinski definition) is 0. The van der Waals surface area contributed by atoms with Crippen LogP contribution in [0.4, 0.5) is 0 Å². The summed E-state index contributed by atoms with van der Waals surface area (Å²) in [4.78, 5) is 0. The molecule has 3 aromatic rings. The van der Waals surface area contributed by atoms with Crippen molar-refractivity contribution in [1.82, 2.24) is 0 Å². The molecule has 176 valence electrons. The first-order chi connectivity index (χ1) is 14.8. The molecule has 0 saturated carbocycles. The van der Waals surface area contributed by atoms with Crippen molar-refractivity contribution in [3.63, 3.8) is 0 Å². The minimum absolute atomic E-state index is 0. The molecule has 0 spiro atoms. The van der Waals surface area contributed by atoms with E-state index in [4.69, 9.17) is 0 Å². The van der Waals surface area contributed by atoms with Gasteiger partial charge in [0.15, 0.2) is 0 Å². The van der Waals surface area contributed by atoms with Gasteiger partial charge in [0.1, 0.15) is 0 Å². The second-order valence-electron chi connectivity index (χ2n) is 9.20. The molecule has 3 aromatic carbocycles. The maximum atomic E-state index is 2.40. The Bertz CT molecular complexity index is 1090. The maximum absolute atomic E-state index is 2.40. The van der Waals surface area contributed by atoms with Crippen LogP contribution < -0.4 is 37.2 Å². The molecule has 0 fully saturated rings. The van der Waals surface area contributed by atoms with Gasteiger partial charge in [-0.1, -0.05) is 0 Å². The molecule has 0 amide bonds. The van der Waals surface area contributed by atoms with Crippen molar-refractivity contribution in [2.45, 2.75) is 47.0 Å². The summed E-state index contributed by atoms with van der Waals surface area (Å²) < 4.78 is 1.49. The molecule has 0 aromatic heterocycles. The summed E-state index contributed by atoms with van der Waals surface area (Å²) in [6, 6.07) is 27.5. The summed E-state index contributed by atoms with van der Waals surface area (Å²) in [6.45, 7) is 13.5. The molecule has 34 heavy (non-hydrogen) atoms. The third kappa shape index (κ3) is 5.13. The van der Waals surface area contributed by atoms with Crippen LogP contribution in [-0.2, 0) is 25.9 Å². The van der Waals surface area contributed by atoms with Gasteiger partial charge in [0.2, 0.25) is 0 Å². The van der Waals surface area contributed by atoms with Crippen LogP contribution in [0.5, 0.6) is 0 Å². The monoisotopic (exact) mass is 544 g/mol. The van der Waals surface area contributed by atoms with Crippen LogP contribution in [0.3, 0.4) is 0 Å². The molecule has 1 aliphatic carbocycles. The molecule has 1 atom stereocenters. The quantitative estimate of drug-likeness (QED) is 0.284. The van der Waals surface area contributed by atoms with Gasteiger partial charge >= 0.3 is 200 Å². The minimum atomic E-state index is -0.281. The third-order valence-electron chi connectivity index (χ3n) is 7.13. The van der Waals surface area contributed by atoms with Crippen LogP contribution in [0.15, 0.2) is 93.4 Å². The molecule has 1 aliphatic rings. The summed E-state index contributed by atoms with van der Waals surface area (Å²) in [5.74, 6) is 0.290. The zero-order valence-corrected chi connectivity index (χ0v) is 24.5. The Kier molecular flexibility index (Phi) is 11.0. The molecule has 0 N–H and O–H groups in total. The van der Waals surface area contributed by atoms with Gasteiger partial charge in [-0.2, -0.15) is 0 Å². The molecule has 4 heteroatoms. The Labute approximate surface area is 236 Å². The summed E-state index contributed by atoms with van der Waals surface area (Å²) in [7, 11) is 0. The molecular weight excluding hydrogens is 515 g/mol. The van der Waals surface area contributed by atoms with Gasteiger partial charge in [-0.15, -0.1) is 0 Å². The SMILES string of the molecule is CC1=C(C)C(C(c2cccc(C)c2)(c2cccc(C)c2)c2cccc(C)c2)[C]([Ti+3])=C1C.[Cl-].[Cl-].[Cl-]. The van der Waals surface area contributed by atoms with E-state index >= 15 is 0 Å². The third-order valence-corrected chi connectivity index (χ3v) is 8.17. The fourth-order valence-corrected chi connectivity index (χ4v) is 6.33. The van der Waals surface area contributed by atoms with Gasteiger partial charge in [-0.05, 0) is 0 Å². The number of benzene rings is 3. The second kappa shape index (κ2) is 12.1. The average Bonchev–Trinajstić information content (AvgIpc) is 2.93. The predicted molar refractivity (Wildman–Crippen MR) is 128 cm³/mol. The first-order valence-electron chi connectivity index (χ1n) is 11.1. The van der Waals surface area contributed by atoms with Gasteiger partial charge in [0, 0.05) is 0 Å². The Morgan fingerprint density at radius 3 is 1.18 bits per heavy atom. The zero-order valence-electron chi connectivity index (χ0n) is 20.6. The largest absolute Gasteiger partial charge is 1.00 e. The van der Waals surface area contributed by atoms with Crippen LogP contribution in [0.25, 0.3) is 0 Å². The Balaban J connectivity index is 0.00000193. The molecule has 0 radical (unpaired) electrons. The van der Waals surface area contributed by atoms with Crippen molar-refractivity contribution in [3.05, 3.63) is 127 Å². The van der Waals surface area contributed by atoms with E-state index in [1.165, 1.54) is 54.0 Å². The van der Waals surface area contributed by atoms with Crippen LogP contribution in [-0.4, -0.2) is 0 Å². The van der Waals surface area contributed by atoms with Crippen LogP contribution in [0.2, 0.25) is 0 Å². The summed E-state index contributed by atoms with van der Waals surface area (Å²) >= 11 is 2.34. The zero-order chi connectivity index (χ0) is 22.3. The van der Waals surface area contributed by atoms with Gasteiger partial charge in [-0.25, -0.2) is 0 Å². The van der Waals surface area contributed by atoms with E-state index in [0.717, 1.165) is 0 Å². The van der Waals surface area contributed by atoms with Crippen molar-refractivity contribution in [1.29, 1.82) is 0 Å². The fourth-order valence-electron chi connectivity index (χ4n) is 5.36. The van der Waals surface area contributed by atoms with Gasteiger partial charge in [0.05, 0.1) is 0 Å². The standard InChI is InChI=1S/C30H31.3ClH.Ti/c1-20-10-7-13-26(16-20)30(27-14-8-11-21(2)17-27,28-15-9-12-22(3)18-28)29-19-23(4)24(5)25(29)6;;;;/h7-18,29H,1-6H3;3*1H;/q;;;;+3/p-3. The molecule has 1 unspecified atom stereocenters. The average molecular weight is 546 g/mol. The second-order valence-corrected chi connectivity index (χ2v) is 10.0. The Hall–Kier alpha value is -1.28. The van der Waals surface area contributed by atoms with E-state index in [-0.39, 0.29) is 48.6 Å². The summed E-state index contributed by atoms with van der Waals surface area (Å²) in [6.07, 6.45) is 0. The van der Waals surface area contributed by atoms with E-state index < -0.39 is 0 Å². The molecular formula is C30H31Cl3Ti. The number of halogens is 3. The minimum Gasteiger partial charge on any atom is -1.00 e. The van der Waals surface area contributed by atoms with Gasteiger partial charge < -0.3 is 37.2 Å². The molecule has 0 aliphatic heterocycles. The predicted octanol–water partition coefficient (Wildman–Crippen LogP) is -1.25. The van der Waals surface area contributed by atoms with Gasteiger partial charge in [-0.3, -0.25) is 0 Å². The first-order valence-corrected chi connectivity index (χ1v) is 11.9.